The fourth-order valence-corrected chi connectivity index (χ4v) is 1.82. The zero-order valence-corrected chi connectivity index (χ0v) is 10.3. The molecule has 1 fully saturated rings. The monoisotopic (exact) mass is 252 g/mol. The van der Waals surface area contributed by atoms with Crippen LogP contribution in [0.15, 0.2) is 6.07 Å². The number of aromatic carboxylic acids is 1. The normalized spacial score (nSPS) is 19.5. The molecular weight excluding hydrogens is 236 g/mol. The maximum absolute atomic E-state index is 10.8. The van der Waals surface area contributed by atoms with Crippen LogP contribution >= 0.6 is 0 Å². The first-order valence-corrected chi connectivity index (χ1v) is 5.98. The molecule has 1 aliphatic heterocycles. The van der Waals surface area contributed by atoms with E-state index in [1.807, 2.05) is 0 Å². The fraction of sp³-hybridized carbons (Fsp3) is 0.583. The molecule has 2 heterocycles. The first-order valence-electron chi connectivity index (χ1n) is 5.98. The van der Waals surface area contributed by atoms with E-state index in [4.69, 9.17) is 14.6 Å². The number of carbonyl (C=O) groups is 1. The Morgan fingerprint density at radius 1 is 1.56 bits per heavy atom. The van der Waals surface area contributed by atoms with Gasteiger partial charge in [-0.3, -0.25) is 0 Å². The molecule has 0 saturated carbocycles. The first-order chi connectivity index (χ1) is 8.65. The van der Waals surface area contributed by atoms with Gasteiger partial charge in [-0.25, -0.2) is 9.78 Å². The number of hydrogen-bond acceptors (Lipinski definition) is 5. The summed E-state index contributed by atoms with van der Waals surface area (Å²) in [7, 11) is 0. The lowest BCUT2D eigenvalue weighted by Crippen LogP contribution is -2.26. The van der Waals surface area contributed by atoms with Gasteiger partial charge in [-0.1, -0.05) is 0 Å². The SMILES string of the molecule is Cc1cc(C(=O)O)nc(OCC2CCCCO2)n1. The zero-order valence-electron chi connectivity index (χ0n) is 10.3. The Labute approximate surface area is 105 Å². The maximum Gasteiger partial charge on any atom is 0.354 e. The summed E-state index contributed by atoms with van der Waals surface area (Å²) in [5.41, 5.74) is 0.518. The summed E-state index contributed by atoms with van der Waals surface area (Å²) >= 11 is 0. The van der Waals surface area contributed by atoms with Crippen LogP contribution in [0.25, 0.3) is 0 Å². The van der Waals surface area contributed by atoms with Crippen LogP contribution in [0.1, 0.15) is 35.4 Å². The molecule has 0 amide bonds. The van der Waals surface area contributed by atoms with Gasteiger partial charge in [0.1, 0.15) is 6.61 Å². The van der Waals surface area contributed by atoms with Crippen LogP contribution in [0, 0.1) is 6.92 Å². The number of carboxylic acids is 1. The summed E-state index contributed by atoms with van der Waals surface area (Å²) in [6.07, 6.45) is 3.22. The van der Waals surface area contributed by atoms with Crippen molar-refractivity contribution in [2.75, 3.05) is 13.2 Å². The van der Waals surface area contributed by atoms with Gasteiger partial charge in [0.2, 0.25) is 0 Å². The van der Waals surface area contributed by atoms with Gasteiger partial charge in [0, 0.05) is 12.3 Å². The number of ether oxygens (including phenoxy) is 2. The van der Waals surface area contributed by atoms with Crippen molar-refractivity contribution in [1.29, 1.82) is 0 Å². The Kier molecular flexibility index (Phi) is 4.09. The van der Waals surface area contributed by atoms with Gasteiger partial charge in [-0.05, 0) is 32.3 Å². The van der Waals surface area contributed by atoms with Crippen LogP contribution in [0.5, 0.6) is 6.01 Å². The average molecular weight is 252 g/mol. The lowest BCUT2D eigenvalue weighted by atomic mass is 10.1. The van der Waals surface area contributed by atoms with Crippen molar-refractivity contribution in [2.45, 2.75) is 32.3 Å². The van der Waals surface area contributed by atoms with Crippen molar-refractivity contribution in [2.24, 2.45) is 0 Å². The van der Waals surface area contributed by atoms with Crippen molar-refractivity contribution >= 4 is 5.97 Å². The zero-order chi connectivity index (χ0) is 13.0. The van der Waals surface area contributed by atoms with Gasteiger partial charge in [0.25, 0.3) is 0 Å². The second-order valence-electron chi connectivity index (χ2n) is 4.28. The van der Waals surface area contributed by atoms with Crippen molar-refractivity contribution < 1.29 is 19.4 Å². The molecule has 98 valence electrons. The minimum Gasteiger partial charge on any atom is -0.477 e. The lowest BCUT2D eigenvalue weighted by molar-refractivity contribution is -0.0129. The third kappa shape index (κ3) is 3.40. The number of rotatable bonds is 4. The van der Waals surface area contributed by atoms with Crippen molar-refractivity contribution in [3.63, 3.8) is 0 Å². The topological polar surface area (TPSA) is 81.5 Å². The molecule has 0 bridgehead atoms. The number of aryl methyl sites for hydroxylation is 1. The number of carboxylic acid groups (broad SMARTS) is 1. The molecule has 6 nitrogen and oxygen atoms in total. The minimum atomic E-state index is -1.08. The highest BCUT2D eigenvalue weighted by molar-refractivity contribution is 5.85. The van der Waals surface area contributed by atoms with E-state index in [1.54, 1.807) is 6.92 Å². The molecule has 6 heteroatoms. The van der Waals surface area contributed by atoms with Crippen LogP contribution in [-0.4, -0.2) is 40.4 Å². The van der Waals surface area contributed by atoms with Gasteiger partial charge in [-0.2, -0.15) is 4.98 Å². The second-order valence-corrected chi connectivity index (χ2v) is 4.28. The van der Waals surface area contributed by atoms with E-state index in [1.165, 1.54) is 6.07 Å². The molecule has 1 saturated heterocycles. The van der Waals surface area contributed by atoms with E-state index in [0.29, 0.717) is 12.3 Å². The fourth-order valence-electron chi connectivity index (χ4n) is 1.82. The molecule has 1 aromatic heterocycles. The van der Waals surface area contributed by atoms with Gasteiger partial charge in [-0.15, -0.1) is 0 Å². The van der Waals surface area contributed by atoms with Crippen molar-refractivity contribution in [3.8, 4) is 6.01 Å². The van der Waals surface area contributed by atoms with E-state index in [9.17, 15) is 4.79 Å². The summed E-state index contributed by atoms with van der Waals surface area (Å²) < 4.78 is 10.9. The Hall–Kier alpha value is -1.69. The Morgan fingerprint density at radius 3 is 3.06 bits per heavy atom. The lowest BCUT2D eigenvalue weighted by Gasteiger charge is -2.22. The largest absolute Gasteiger partial charge is 0.477 e. The van der Waals surface area contributed by atoms with Crippen LogP contribution in [0.2, 0.25) is 0 Å². The molecule has 0 aliphatic carbocycles. The molecule has 2 rings (SSSR count). The van der Waals surface area contributed by atoms with E-state index in [2.05, 4.69) is 9.97 Å². The molecule has 0 spiro atoms. The number of hydrogen-bond donors (Lipinski definition) is 1. The molecule has 1 atom stereocenters. The van der Waals surface area contributed by atoms with E-state index >= 15 is 0 Å². The highest BCUT2D eigenvalue weighted by Crippen LogP contribution is 2.14. The maximum atomic E-state index is 10.8. The van der Waals surface area contributed by atoms with E-state index in [-0.39, 0.29) is 17.8 Å². The smallest absolute Gasteiger partial charge is 0.354 e. The minimum absolute atomic E-state index is 0.0520. The first kappa shape index (κ1) is 12.8. The number of aromatic nitrogens is 2. The predicted molar refractivity (Wildman–Crippen MR) is 62.8 cm³/mol. The molecule has 0 aromatic carbocycles. The van der Waals surface area contributed by atoms with Crippen molar-refractivity contribution in [3.05, 3.63) is 17.5 Å². The summed E-state index contributed by atoms with van der Waals surface area (Å²) in [6.45, 7) is 2.82. The quantitative estimate of drug-likeness (QED) is 0.873. The second kappa shape index (κ2) is 5.77. The molecule has 1 aliphatic rings. The predicted octanol–water partition coefficient (Wildman–Crippen LogP) is 1.43. The standard InChI is InChI=1S/C12H16N2O4/c1-8-6-10(11(15)16)14-12(13-8)18-7-9-4-2-3-5-17-9/h6,9H,2-5,7H2,1H3,(H,15,16). The van der Waals surface area contributed by atoms with Crippen LogP contribution in [0.4, 0.5) is 0 Å². The van der Waals surface area contributed by atoms with Crippen LogP contribution < -0.4 is 4.74 Å². The Balaban J connectivity index is 1.97. The highest BCUT2D eigenvalue weighted by Gasteiger charge is 2.16. The van der Waals surface area contributed by atoms with E-state index in [0.717, 1.165) is 25.9 Å². The third-order valence-electron chi connectivity index (χ3n) is 2.73. The molecule has 1 N–H and O–H groups in total. The van der Waals surface area contributed by atoms with Gasteiger partial charge >= 0.3 is 12.0 Å². The average Bonchev–Trinajstić information content (AvgIpc) is 2.37. The van der Waals surface area contributed by atoms with Gasteiger partial charge in [0.05, 0.1) is 6.10 Å². The molecule has 1 unspecified atom stereocenters. The van der Waals surface area contributed by atoms with Crippen LogP contribution in [0.3, 0.4) is 0 Å². The summed E-state index contributed by atoms with van der Waals surface area (Å²) in [6, 6.07) is 1.51. The number of nitrogens with zero attached hydrogens (tertiary/aromatic N) is 2. The summed E-state index contributed by atoms with van der Waals surface area (Å²) in [4.78, 5) is 18.7. The van der Waals surface area contributed by atoms with Crippen LogP contribution in [-0.2, 0) is 4.74 Å². The van der Waals surface area contributed by atoms with E-state index < -0.39 is 5.97 Å². The summed E-state index contributed by atoms with van der Waals surface area (Å²) in [5, 5.41) is 8.88. The third-order valence-corrected chi connectivity index (χ3v) is 2.73. The molecule has 18 heavy (non-hydrogen) atoms. The molecule has 1 aromatic rings. The van der Waals surface area contributed by atoms with Gasteiger partial charge < -0.3 is 14.6 Å². The highest BCUT2D eigenvalue weighted by atomic mass is 16.5. The van der Waals surface area contributed by atoms with Crippen molar-refractivity contribution in [1.82, 2.24) is 9.97 Å². The molecular formula is C12H16N2O4. The Morgan fingerprint density at radius 2 is 2.39 bits per heavy atom. The Bertz CT molecular complexity index is 430. The van der Waals surface area contributed by atoms with Gasteiger partial charge in [0.15, 0.2) is 5.69 Å². The molecule has 0 radical (unpaired) electrons. The summed E-state index contributed by atoms with van der Waals surface area (Å²) in [5.74, 6) is -1.08.